The van der Waals surface area contributed by atoms with Crippen molar-refractivity contribution in [1.29, 1.82) is 0 Å². The average molecular weight is 232 g/mol. The Morgan fingerprint density at radius 3 is 2.87 bits per heavy atom. The molecule has 1 atom stereocenters. The van der Waals surface area contributed by atoms with Crippen LogP contribution in [0.5, 0.6) is 0 Å². The lowest BCUT2D eigenvalue weighted by molar-refractivity contribution is 0.0642. The number of rotatable bonds is 4. The Morgan fingerprint density at radius 1 is 1.67 bits per heavy atom. The number of halogens is 2. The first kappa shape index (κ1) is 11.0. The molecule has 0 aliphatic heterocycles. The Kier molecular flexibility index (Phi) is 2.77. The molecule has 1 saturated carbocycles. The van der Waals surface area contributed by atoms with Crippen molar-refractivity contribution in [2.45, 2.75) is 44.1 Å². The third-order valence-electron chi connectivity index (χ3n) is 2.68. The lowest BCUT2D eigenvalue weighted by Crippen LogP contribution is -2.45. The van der Waals surface area contributed by atoms with Gasteiger partial charge in [-0.25, -0.2) is 13.8 Å². The molecule has 15 heavy (non-hydrogen) atoms. The Balaban J connectivity index is 2.13. The summed E-state index contributed by atoms with van der Waals surface area (Å²) in [4.78, 5) is 5.17. The molecule has 1 aromatic heterocycles. The summed E-state index contributed by atoms with van der Waals surface area (Å²) in [5.74, 6) is 0.500. The zero-order chi connectivity index (χ0) is 11.1. The van der Waals surface area contributed by atoms with E-state index in [1.54, 1.807) is 5.51 Å². The topological polar surface area (TPSA) is 38.9 Å². The summed E-state index contributed by atoms with van der Waals surface area (Å²) in [6, 6.07) is 0. The molecule has 0 radical (unpaired) electrons. The SMILES string of the molecule is CC(N)(Cc1scnc1C1CC1)C(F)F. The molecule has 0 amide bonds. The largest absolute Gasteiger partial charge is 0.320 e. The second kappa shape index (κ2) is 3.79. The van der Waals surface area contributed by atoms with E-state index >= 15 is 0 Å². The van der Waals surface area contributed by atoms with Crippen LogP contribution >= 0.6 is 11.3 Å². The maximum atomic E-state index is 12.6. The highest BCUT2D eigenvalue weighted by Crippen LogP contribution is 2.42. The molecule has 1 unspecified atom stereocenters. The summed E-state index contributed by atoms with van der Waals surface area (Å²) in [6.45, 7) is 1.40. The molecule has 1 heterocycles. The van der Waals surface area contributed by atoms with Crippen LogP contribution in [-0.2, 0) is 6.42 Å². The predicted octanol–water partition coefficient (Wildman–Crippen LogP) is 2.55. The minimum atomic E-state index is -2.49. The molecule has 1 aliphatic rings. The number of nitrogens with zero attached hydrogens (tertiary/aromatic N) is 1. The Labute approximate surface area is 91.5 Å². The molecule has 5 heteroatoms. The molecular weight excluding hydrogens is 218 g/mol. The van der Waals surface area contributed by atoms with Gasteiger partial charge in [0, 0.05) is 17.2 Å². The highest BCUT2D eigenvalue weighted by Gasteiger charge is 2.35. The minimum absolute atomic E-state index is 0.223. The van der Waals surface area contributed by atoms with Gasteiger partial charge >= 0.3 is 0 Å². The number of nitrogens with two attached hydrogens (primary N) is 1. The molecule has 1 aliphatic carbocycles. The van der Waals surface area contributed by atoms with Gasteiger partial charge in [-0.3, -0.25) is 0 Å². The van der Waals surface area contributed by atoms with Gasteiger partial charge in [-0.1, -0.05) is 0 Å². The van der Waals surface area contributed by atoms with Crippen LogP contribution in [0.4, 0.5) is 8.78 Å². The highest BCUT2D eigenvalue weighted by molar-refractivity contribution is 7.09. The number of alkyl halides is 2. The molecule has 0 saturated heterocycles. The van der Waals surface area contributed by atoms with Crippen LogP contribution in [0.25, 0.3) is 0 Å². The van der Waals surface area contributed by atoms with E-state index in [-0.39, 0.29) is 6.42 Å². The fourth-order valence-corrected chi connectivity index (χ4v) is 2.55. The van der Waals surface area contributed by atoms with E-state index in [9.17, 15) is 8.78 Å². The maximum Gasteiger partial charge on any atom is 0.256 e. The molecule has 2 N–H and O–H groups in total. The fraction of sp³-hybridized carbons (Fsp3) is 0.700. The second-order valence-corrected chi connectivity index (χ2v) is 5.36. The Morgan fingerprint density at radius 2 is 2.33 bits per heavy atom. The molecule has 0 bridgehead atoms. The van der Waals surface area contributed by atoms with Gasteiger partial charge in [-0.15, -0.1) is 11.3 Å². The zero-order valence-electron chi connectivity index (χ0n) is 8.54. The summed E-state index contributed by atoms with van der Waals surface area (Å²) in [5, 5.41) is 0. The van der Waals surface area contributed by atoms with Crippen molar-refractivity contribution in [3.05, 3.63) is 16.1 Å². The number of thiazole rings is 1. The Bertz CT molecular complexity index is 345. The van der Waals surface area contributed by atoms with Gasteiger partial charge in [0.1, 0.15) is 0 Å². The zero-order valence-corrected chi connectivity index (χ0v) is 9.36. The van der Waals surface area contributed by atoms with Crippen molar-refractivity contribution >= 4 is 11.3 Å². The van der Waals surface area contributed by atoms with Gasteiger partial charge in [-0.2, -0.15) is 0 Å². The van der Waals surface area contributed by atoms with E-state index in [2.05, 4.69) is 4.98 Å². The van der Waals surface area contributed by atoms with Gasteiger partial charge in [-0.05, 0) is 19.8 Å². The van der Waals surface area contributed by atoms with Crippen LogP contribution in [0, 0.1) is 0 Å². The van der Waals surface area contributed by atoms with Crippen LogP contribution in [0.2, 0.25) is 0 Å². The van der Waals surface area contributed by atoms with E-state index in [0.717, 1.165) is 23.4 Å². The van der Waals surface area contributed by atoms with Crippen LogP contribution in [0.15, 0.2) is 5.51 Å². The van der Waals surface area contributed by atoms with Crippen LogP contribution in [0.3, 0.4) is 0 Å². The van der Waals surface area contributed by atoms with Gasteiger partial charge in [0.15, 0.2) is 0 Å². The summed E-state index contributed by atoms with van der Waals surface area (Å²) >= 11 is 1.44. The average Bonchev–Trinajstić information content (AvgIpc) is 2.88. The summed E-state index contributed by atoms with van der Waals surface area (Å²) in [6.07, 6.45) is -0.00717. The van der Waals surface area contributed by atoms with E-state index in [4.69, 9.17) is 5.73 Å². The monoisotopic (exact) mass is 232 g/mol. The third-order valence-corrected chi connectivity index (χ3v) is 3.53. The minimum Gasteiger partial charge on any atom is -0.320 e. The summed E-state index contributed by atoms with van der Waals surface area (Å²) in [5.41, 5.74) is 6.86. The lowest BCUT2D eigenvalue weighted by Gasteiger charge is -2.22. The third kappa shape index (κ3) is 2.34. The van der Waals surface area contributed by atoms with Gasteiger partial charge in [0.25, 0.3) is 6.43 Å². The molecule has 1 fully saturated rings. The first-order valence-electron chi connectivity index (χ1n) is 5.00. The molecule has 2 rings (SSSR count). The molecule has 1 aromatic rings. The number of aromatic nitrogens is 1. The Hall–Kier alpha value is -0.550. The molecule has 2 nitrogen and oxygen atoms in total. The summed E-state index contributed by atoms with van der Waals surface area (Å²) < 4.78 is 25.2. The van der Waals surface area contributed by atoms with Crippen LogP contribution < -0.4 is 5.73 Å². The smallest absolute Gasteiger partial charge is 0.256 e. The predicted molar refractivity (Wildman–Crippen MR) is 56.4 cm³/mol. The van der Waals surface area contributed by atoms with E-state index < -0.39 is 12.0 Å². The number of hydrogen-bond acceptors (Lipinski definition) is 3. The van der Waals surface area contributed by atoms with Crippen molar-refractivity contribution < 1.29 is 8.78 Å². The quantitative estimate of drug-likeness (QED) is 0.866. The van der Waals surface area contributed by atoms with Crippen molar-refractivity contribution in [3.63, 3.8) is 0 Å². The van der Waals surface area contributed by atoms with Crippen molar-refractivity contribution in [3.8, 4) is 0 Å². The maximum absolute atomic E-state index is 12.6. The molecule has 0 spiro atoms. The van der Waals surface area contributed by atoms with Crippen molar-refractivity contribution in [2.24, 2.45) is 5.73 Å². The normalized spacial score (nSPS) is 20.6. The van der Waals surface area contributed by atoms with E-state index in [1.165, 1.54) is 18.3 Å². The van der Waals surface area contributed by atoms with Crippen molar-refractivity contribution in [2.75, 3.05) is 0 Å². The van der Waals surface area contributed by atoms with Crippen LogP contribution in [-0.4, -0.2) is 16.9 Å². The van der Waals surface area contributed by atoms with Gasteiger partial charge in [0.05, 0.1) is 16.7 Å². The first-order chi connectivity index (χ1) is 7.00. The number of hydrogen-bond donors (Lipinski definition) is 1. The van der Waals surface area contributed by atoms with Crippen molar-refractivity contribution in [1.82, 2.24) is 4.98 Å². The van der Waals surface area contributed by atoms with E-state index in [0.29, 0.717) is 5.92 Å². The highest BCUT2D eigenvalue weighted by atomic mass is 32.1. The lowest BCUT2D eigenvalue weighted by atomic mass is 9.97. The van der Waals surface area contributed by atoms with Gasteiger partial charge in [0.2, 0.25) is 0 Å². The molecule has 84 valence electrons. The fourth-order valence-electron chi connectivity index (χ4n) is 1.52. The standard InChI is InChI=1S/C10H14F2N2S/c1-10(13,9(11)12)4-7-8(6-2-3-6)14-5-15-7/h5-6,9H,2-4,13H2,1H3. The molecular formula is C10H14F2N2S. The van der Waals surface area contributed by atoms with Gasteiger partial charge < -0.3 is 5.73 Å². The second-order valence-electron chi connectivity index (χ2n) is 4.42. The first-order valence-corrected chi connectivity index (χ1v) is 5.88. The van der Waals surface area contributed by atoms with E-state index in [1.807, 2.05) is 0 Å². The summed E-state index contributed by atoms with van der Waals surface area (Å²) in [7, 11) is 0. The van der Waals surface area contributed by atoms with Crippen LogP contribution in [0.1, 0.15) is 36.3 Å². The molecule has 0 aromatic carbocycles.